The third kappa shape index (κ3) is 2.88. The third-order valence-electron chi connectivity index (χ3n) is 3.35. The molecule has 0 bridgehead atoms. The van der Waals surface area contributed by atoms with Crippen molar-refractivity contribution >= 4 is 11.9 Å². The van der Waals surface area contributed by atoms with Crippen molar-refractivity contribution in [1.29, 1.82) is 0 Å². The fraction of sp³-hybridized carbons (Fsp3) is 0.429. The van der Waals surface area contributed by atoms with Gasteiger partial charge < -0.3 is 9.84 Å². The van der Waals surface area contributed by atoms with Crippen molar-refractivity contribution in [3.8, 4) is 5.75 Å². The molecule has 2 atom stereocenters. The van der Waals surface area contributed by atoms with Gasteiger partial charge in [0.15, 0.2) is 0 Å². The Balaban J connectivity index is 2.05. The molecular weight excluding hydrogens is 232 g/mol. The summed E-state index contributed by atoms with van der Waals surface area (Å²) in [6.45, 7) is 0. The SMILES string of the molecule is O=C(O)C1CCCCC1C(=O)Oc1ccccc1. The summed E-state index contributed by atoms with van der Waals surface area (Å²) in [5.74, 6) is -1.97. The second-order valence-electron chi connectivity index (χ2n) is 4.57. The summed E-state index contributed by atoms with van der Waals surface area (Å²) in [7, 11) is 0. The highest BCUT2D eigenvalue weighted by molar-refractivity contribution is 5.82. The number of hydrogen-bond donors (Lipinski definition) is 1. The molecule has 2 unspecified atom stereocenters. The van der Waals surface area contributed by atoms with Crippen molar-refractivity contribution in [1.82, 2.24) is 0 Å². The predicted molar refractivity (Wildman–Crippen MR) is 65.2 cm³/mol. The Labute approximate surface area is 106 Å². The zero-order chi connectivity index (χ0) is 13.0. The highest BCUT2D eigenvalue weighted by Gasteiger charge is 2.36. The van der Waals surface area contributed by atoms with E-state index < -0.39 is 23.8 Å². The van der Waals surface area contributed by atoms with Crippen molar-refractivity contribution < 1.29 is 19.4 Å². The molecule has 1 aliphatic carbocycles. The number of ether oxygens (including phenoxy) is 1. The van der Waals surface area contributed by atoms with Crippen LogP contribution in [0.2, 0.25) is 0 Å². The number of esters is 1. The highest BCUT2D eigenvalue weighted by Crippen LogP contribution is 2.31. The number of hydrogen-bond acceptors (Lipinski definition) is 3. The van der Waals surface area contributed by atoms with Gasteiger partial charge in [0.1, 0.15) is 5.75 Å². The predicted octanol–water partition coefficient (Wildman–Crippen LogP) is 2.48. The minimum absolute atomic E-state index is 0.423. The molecule has 4 nitrogen and oxygen atoms in total. The van der Waals surface area contributed by atoms with Gasteiger partial charge in [-0.05, 0) is 25.0 Å². The van der Waals surface area contributed by atoms with Gasteiger partial charge in [-0.1, -0.05) is 31.0 Å². The Kier molecular flexibility index (Phi) is 3.97. The van der Waals surface area contributed by atoms with Crippen molar-refractivity contribution in [2.45, 2.75) is 25.7 Å². The molecule has 1 saturated carbocycles. The number of benzene rings is 1. The summed E-state index contributed by atoms with van der Waals surface area (Å²) in [6, 6.07) is 8.77. The third-order valence-corrected chi connectivity index (χ3v) is 3.35. The molecule has 0 saturated heterocycles. The van der Waals surface area contributed by atoms with Crippen molar-refractivity contribution in [3.05, 3.63) is 30.3 Å². The summed E-state index contributed by atoms with van der Waals surface area (Å²) in [6.07, 6.45) is 2.91. The van der Waals surface area contributed by atoms with Crippen molar-refractivity contribution in [2.75, 3.05) is 0 Å². The van der Waals surface area contributed by atoms with E-state index in [0.717, 1.165) is 12.8 Å². The van der Waals surface area contributed by atoms with Gasteiger partial charge in [-0.2, -0.15) is 0 Å². The van der Waals surface area contributed by atoms with Gasteiger partial charge in [0.2, 0.25) is 0 Å². The maximum Gasteiger partial charge on any atom is 0.315 e. The minimum Gasteiger partial charge on any atom is -0.481 e. The van der Waals surface area contributed by atoms with Crippen LogP contribution in [0.25, 0.3) is 0 Å². The minimum atomic E-state index is -0.898. The van der Waals surface area contributed by atoms with Crippen LogP contribution in [-0.2, 0) is 9.59 Å². The topological polar surface area (TPSA) is 63.6 Å². The molecule has 0 radical (unpaired) electrons. The van der Waals surface area contributed by atoms with E-state index >= 15 is 0 Å². The molecule has 1 N–H and O–H groups in total. The van der Waals surface area contributed by atoms with Crippen LogP contribution in [0, 0.1) is 11.8 Å². The number of para-hydroxylation sites is 1. The summed E-state index contributed by atoms with van der Waals surface area (Å²) in [4.78, 5) is 23.1. The van der Waals surface area contributed by atoms with Crippen LogP contribution in [0.5, 0.6) is 5.75 Å². The molecule has 0 aromatic heterocycles. The number of carboxylic acid groups (broad SMARTS) is 1. The zero-order valence-corrected chi connectivity index (χ0v) is 10.0. The lowest BCUT2D eigenvalue weighted by atomic mass is 9.79. The number of aliphatic carboxylic acids is 1. The standard InChI is InChI=1S/C14H16O4/c15-13(16)11-8-4-5-9-12(11)14(17)18-10-6-2-1-3-7-10/h1-3,6-7,11-12H,4-5,8-9H2,(H,15,16). The molecule has 0 aliphatic heterocycles. The van der Waals surface area contributed by atoms with E-state index in [9.17, 15) is 9.59 Å². The maximum absolute atomic E-state index is 12.0. The molecule has 0 spiro atoms. The first-order chi connectivity index (χ1) is 8.68. The van der Waals surface area contributed by atoms with Gasteiger partial charge >= 0.3 is 11.9 Å². The first-order valence-electron chi connectivity index (χ1n) is 6.18. The molecule has 1 aromatic carbocycles. The lowest BCUT2D eigenvalue weighted by molar-refractivity contribution is -0.154. The Bertz CT molecular complexity index is 427. The van der Waals surface area contributed by atoms with E-state index in [-0.39, 0.29) is 0 Å². The molecule has 96 valence electrons. The second-order valence-corrected chi connectivity index (χ2v) is 4.57. The van der Waals surface area contributed by atoms with Crippen LogP contribution in [0.15, 0.2) is 30.3 Å². The second kappa shape index (κ2) is 5.67. The van der Waals surface area contributed by atoms with E-state index in [1.807, 2.05) is 6.07 Å². The summed E-state index contributed by atoms with van der Waals surface area (Å²) in [5, 5.41) is 9.12. The molecule has 1 aromatic rings. The van der Waals surface area contributed by atoms with Crippen LogP contribution < -0.4 is 4.74 Å². The van der Waals surface area contributed by atoms with Gasteiger partial charge in [0.05, 0.1) is 11.8 Å². The van der Waals surface area contributed by atoms with Crippen LogP contribution in [0.4, 0.5) is 0 Å². The van der Waals surface area contributed by atoms with E-state index in [1.165, 1.54) is 0 Å². The molecular formula is C14H16O4. The van der Waals surface area contributed by atoms with Gasteiger partial charge in [0.25, 0.3) is 0 Å². The molecule has 0 amide bonds. The van der Waals surface area contributed by atoms with Gasteiger partial charge in [-0.3, -0.25) is 9.59 Å². The lowest BCUT2D eigenvalue weighted by Crippen LogP contribution is -2.35. The fourth-order valence-corrected chi connectivity index (χ4v) is 2.39. The molecule has 2 rings (SSSR count). The van der Waals surface area contributed by atoms with E-state index in [2.05, 4.69) is 0 Å². The van der Waals surface area contributed by atoms with Crippen LogP contribution in [-0.4, -0.2) is 17.0 Å². The zero-order valence-electron chi connectivity index (χ0n) is 10.0. The Morgan fingerprint density at radius 3 is 2.28 bits per heavy atom. The largest absolute Gasteiger partial charge is 0.481 e. The van der Waals surface area contributed by atoms with Gasteiger partial charge in [-0.15, -0.1) is 0 Å². The maximum atomic E-state index is 12.0. The van der Waals surface area contributed by atoms with E-state index in [1.54, 1.807) is 24.3 Å². The van der Waals surface area contributed by atoms with Crippen LogP contribution >= 0.6 is 0 Å². The van der Waals surface area contributed by atoms with Gasteiger partial charge in [0, 0.05) is 0 Å². The number of carboxylic acids is 1. The van der Waals surface area contributed by atoms with E-state index in [4.69, 9.17) is 9.84 Å². The first-order valence-corrected chi connectivity index (χ1v) is 6.18. The number of carbonyl (C=O) groups excluding carboxylic acids is 1. The normalized spacial score (nSPS) is 23.3. The van der Waals surface area contributed by atoms with Crippen molar-refractivity contribution in [2.24, 2.45) is 11.8 Å². The smallest absolute Gasteiger partial charge is 0.315 e. The molecule has 18 heavy (non-hydrogen) atoms. The molecule has 4 heteroatoms. The average Bonchev–Trinajstić information content (AvgIpc) is 2.40. The quantitative estimate of drug-likeness (QED) is 0.659. The Morgan fingerprint density at radius 2 is 1.67 bits per heavy atom. The van der Waals surface area contributed by atoms with Crippen LogP contribution in [0.1, 0.15) is 25.7 Å². The van der Waals surface area contributed by atoms with Crippen LogP contribution in [0.3, 0.4) is 0 Å². The lowest BCUT2D eigenvalue weighted by Gasteiger charge is -2.26. The fourth-order valence-electron chi connectivity index (χ4n) is 2.39. The van der Waals surface area contributed by atoms with E-state index in [0.29, 0.717) is 18.6 Å². The van der Waals surface area contributed by atoms with Gasteiger partial charge in [-0.25, -0.2) is 0 Å². The first kappa shape index (κ1) is 12.6. The number of carbonyl (C=O) groups is 2. The average molecular weight is 248 g/mol. The Morgan fingerprint density at radius 1 is 1.06 bits per heavy atom. The van der Waals surface area contributed by atoms with Crippen molar-refractivity contribution in [3.63, 3.8) is 0 Å². The molecule has 1 fully saturated rings. The Hall–Kier alpha value is -1.84. The monoisotopic (exact) mass is 248 g/mol. The number of rotatable bonds is 3. The summed E-state index contributed by atoms with van der Waals surface area (Å²) in [5.41, 5.74) is 0. The molecule has 1 aliphatic rings. The molecule has 0 heterocycles. The highest BCUT2D eigenvalue weighted by atomic mass is 16.5. The summed E-state index contributed by atoms with van der Waals surface area (Å²) < 4.78 is 5.23. The summed E-state index contributed by atoms with van der Waals surface area (Å²) >= 11 is 0.